The summed E-state index contributed by atoms with van der Waals surface area (Å²) in [5, 5.41) is 0. The molecule has 1 aliphatic carbocycles. The molecule has 0 saturated heterocycles. The molecule has 0 radical (unpaired) electrons. The Morgan fingerprint density at radius 1 is 1.16 bits per heavy atom. The monoisotopic (exact) mass is 345 g/mol. The van der Waals surface area contributed by atoms with Crippen LogP contribution >= 0.6 is 0 Å². The van der Waals surface area contributed by atoms with Crippen LogP contribution in [-0.4, -0.2) is 44.1 Å². The normalized spacial score (nSPS) is 13.8. The Kier molecular flexibility index (Phi) is 7.51. The molecule has 0 unspecified atom stereocenters. The first-order valence-electron chi connectivity index (χ1n) is 8.82. The summed E-state index contributed by atoms with van der Waals surface area (Å²) in [4.78, 5) is 26.1. The van der Waals surface area contributed by atoms with E-state index in [0.29, 0.717) is 24.4 Å². The molecule has 0 spiro atoms. The van der Waals surface area contributed by atoms with Crippen molar-refractivity contribution in [3.05, 3.63) is 41.5 Å². The highest BCUT2D eigenvalue weighted by Crippen LogP contribution is 2.21. The molecular formula is C20H27NO4. The van der Waals surface area contributed by atoms with Gasteiger partial charge in [0.15, 0.2) is 0 Å². The Morgan fingerprint density at radius 2 is 2.00 bits per heavy atom. The van der Waals surface area contributed by atoms with E-state index in [4.69, 9.17) is 9.47 Å². The molecule has 1 aliphatic rings. The number of hydrogen-bond acceptors (Lipinski definition) is 4. The van der Waals surface area contributed by atoms with Gasteiger partial charge in [0.05, 0.1) is 20.6 Å². The molecule has 25 heavy (non-hydrogen) atoms. The fourth-order valence-corrected chi connectivity index (χ4v) is 2.99. The molecule has 1 aromatic carbocycles. The van der Waals surface area contributed by atoms with Crippen molar-refractivity contribution in [1.29, 1.82) is 0 Å². The number of benzene rings is 1. The zero-order valence-electron chi connectivity index (χ0n) is 15.1. The molecule has 136 valence electrons. The van der Waals surface area contributed by atoms with Gasteiger partial charge in [-0.3, -0.25) is 9.59 Å². The first-order valence-corrected chi connectivity index (χ1v) is 8.82. The number of nitrogens with zero attached hydrogens (tertiary/aromatic N) is 1. The Bertz CT molecular complexity index is 624. The molecule has 0 atom stereocenters. The molecule has 0 aliphatic heterocycles. The van der Waals surface area contributed by atoms with Crippen molar-refractivity contribution >= 4 is 11.9 Å². The third-order valence-corrected chi connectivity index (χ3v) is 4.51. The molecule has 5 nitrogen and oxygen atoms in total. The summed E-state index contributed by atoms with van der Waals surface area (Å²) < 4.78 is 9.91. The second-order valence-corrected chi connectivity index (χ2v) is 6.21. The number of carbonyl (C=O) groups excluding carboxylic acids is 2. The van der Waals surface area contributed by atoms with Crippen LogP contribution < -0.4 is 4.74 Å². The molecule has 1 aromatic rings. The van der Waals surface area contributed by atoms with E-state index in [9.17, 15) is 9.59 Å². The summed E-state index contributed by atoms with van der Waals surface area (Å²) in [6.45, 7) is 0.967. The molecule has 0 N–H and O–H groups in total. The van der Waals surface area contributed by atoms with Crippen LogP contribution in [0.2, 0.25) is 0 Å². The molecule has 1 amide bonds. The van der Waals surface area contributed by atoms with Crippen LogP contribution in [0, 0.1) is 0 Å². The van der Waals surface area contributed by atoms with E-state index in [2.05, 4.69) is 6.08 Å². The van der Waals surface area contributed by atoms with Crippen molar-refractivity contribution < 1.29 is 19.1 Å². The van der Waals surface area contributed by atoms with Crippen LogP contribution in [0.15, 0.2) is 35.9 Å². The number of amides is 1. The standard InChI is InChI=1S/C20H27NO4/c1-24-18-10-6-9-17(15-18)20(23)21(14-12-19(22)25-2)13-11-16-7-4-3-5-8-16/h6-7,9-10,15H,3-5,8,11-14H2,1-2H3. The first-order chi connectivity index (χ1) is 12.1. The number of hydrogen-bond donors (Lipinski definition) is 0. The van der Waals surface area contributed by atoms with Gasteiger partial charge in [0.2, 0.25) is 0 Å². The van der Waals surface area contributed by atoms with E-state index in [0.717, 1.165) is 19.3 Å². The van der Waals surface area contributed by atoms with E-state index >= 15 is 0 Å². The van der Waals surface area contributed by atoms with Gasteiger partial charge in [0.1, 0.15) is 5.75 Å². The smallest absolute Gasteiger partial charge is 0.307 e. The fraction of sp³-hybridized carbons (Fsp3) is 0.500. The average molecular weight is 345 g/mol. The van der Waals surface area contributed by atoms with Gasteiger partial charge in [-0.25, -0.2) is 0 Å². The fourth-order valence-electron chi connectivity index (χ4n) is 2.99. The Labute approximate surface area is 149 Å². The van der Waals surface area contributed by atoms with E-state index < -0.39 is 0 Å². The topological polar surface area (TPSA) is 55.8 Å². The zero-order valence-corrected chi connectivity index (χ0v) is 15.1. The largest absolute Gasteiger partial charge is 0.497 e. The van der Waals surface area contributed by atoms with Gasteiger partial charge in [-0.15, -0.1) is 0 Å². The zero-order chi connectivity index (χ0) is 18.1. The molecule has 0 aromatic heterocycles. The van der Waals surface area contributed by atoms with Crippen molar-refractivity contribution in [1.82, 2.24) is 4.90 Å². The van der Waals surface area contributed by atoms with Gasteiger partial charge in [0, 0.05) is 18.7 Å². The van der Waals surface area contributed by atoms with Gasteiger partial charge in [0.25, 0.3) is 5.91 Å². The molecule has 0 saturated carbocycles. The van der Waals surface area contributed by atoms with Crippen molar-refractivity contribution in [3.8, 4) is 5.75 Å². The molecule has 5 heteroatoms. The van der Waals surface area contributed by atoms with Crippen molar-refractivity contribution in [3.63, 3.8) is 0 Å². The van der Waals surface area contributed by atoms with Crippen LogP contribution in [0.3, 0.4) is 0 Å². The van der Waals surface area contributed by atoms with Crippen LogP contribution in [0.4, 0.5) is 0 Å². The molecule has 2 rings (SSSR count). The summed E-state index contributed by atoms with van der Waals surface area (Å²) in [6.07, 6.45) is 8.05. The maximum Gasteiger partial charge on any atom is 0.307 e. The van der Waals surface area contributed by atoms with Gasteiger partial charge in [-0.05, 0) is 50.3 Å². The number of esters is 1. The lowest BCUT2D eigenvalue weighted by atomic mass is 9.97. The number of carbonyl (C=O) groups is 2. The van der Waals surface area contributed by atoms with Crippen LogP contribution in [-0.2, 0) is 9.53 Å². The van der Waals surface area contributed by atoms with Crippen molar-refractivity contribution in [2.75, 3.05) is 27.3 Å². The lowest BCUT2D eigenvalue weighted by Crippen LogP contribution is -2.34. The van der Waals surface area contributed by atoms with E-state index in [1.807, 2.05) is 6.07 Å². The SMILES string of the molecule is COC(=O)CCN(CCC1=CCCCC1)C(=O)c1cccc(OC)c1. The predicted molar refractivity (Wildman–Crippen MR) is 96.7 cm³/mol. The summed E-state index contributed by atoms with van der Waals surface area (Å²) in [7, 11) is 2.94. The highest BCUT2D eigenvalue weighted by Gasteiger charge is 2.18. The van der Waals surface area contributed by atoms with Crippen LogP contribution in [0.25, 0.3) is 0 Å². The Hall–Kier alpha value is -2.30. The average Bonchev–Trinajstić information content (AvgIpc) is 2.68. The van der Waals surface area contributed by atoms with Gasteiger partial charge >= 0.3 is 5.97 Å². The first kappa shape index (κ1) is 19.0. The number of methoxy groups -OCH3 is 2. The second-order valence-electron chi connectivity index (χ2n) is 6.21. The van der Waals surface area contributed by atoms with E-state index in [-0.39, 0.29) is 18.3 Å². The highest BCUT2D eigenvalue weighted by atomic mass is 16.5. The number of allylic oxidation sites excluding steroid dienone is 1. The summed E-state index contributed by atoms with van der Waals surface area (Å²) in [5.41, 5.74) is 1.98. The molecule has 0 fully saturated rings. The minimum Gasteiger partial charge on any atom is -0.497 e. The number of rotatable bonds is 8. The summed E-state index contributed by atoms with van der Waals surface area (Å²) in [6, 6.07) is 7.11. The lowest BCUT2D eigenvalue weighted by molar-refractivity contribution is -0.140. The van der Waals surface area contributed by atoms with Gasteiger partial charge in [-0.2, -0.15) is 0 Å². The van der Waals surface area contributed by atoms with Crippen molar-refractivity contribution in [2.45, 2.75) is 38.5 Å². The Balaban J connectivity index is 2.06. The second kappa shape index (κ2) is 9.87. The van der Waals surface area contributed by atoms with Crippen molar-refractivity contribution in [2.24, 2.45) is 0 Å². The van der Waals surface area contributed by atoms with E-state index in [1.54, 1.807) is 30.2 Å². The maximum atomic E-state index is 12.9. The molecular weight excluding hydrogens is 318 g/mol. The number of ether oxygens (including phenoxy) is 2. The van der Waals surface area contributed by atoms with Gasteiger partial charge < -0.3 is 14.4 Å². The summed E-state index contributed by atoms with van der Waals surface area (Å²) >= 11 is 0. The van der Waals surface area contributed by atoms with E-state index in [1.165, 1.54) is 25.5 Å². The minimum absolute atomic E-state index is 0.0841. The third kappa shape index (κ3) is 5.93. The summed E-state index contributed by atoms with van der Waals surface area (Å²) in [5.74, 6) is 0.258. The lowest BCUT2D eigenvalue weighted by Gasteiger charge is -2.24. The minimum atomic E-state index is -0.305. The maximum absolute atomic E-state index is 12.9. The van der Waals surface area contributed by atoms with Crippen LogP contribution in [0.1, 0.15) is 48.9 Å². The van der Waals surface area contributed by atoms with Crippen LogP contribution in [0.5, 0.6) is 5.75 Å². The highest BCUT2D eigenvalue weighted by molar-refractivity contribution is 5.94. The molecule has 0 bridgehead atoms. The van der Waals surface area contributed by atoms with Gasteiger partial charge in [-0.1, -0.05) is 17.7 Å². The third-order valence-electron chi connectivity index (χ3n) is 4.51. The predicted octanol–water partition coefficient (Wildman–Crippen LogP) is 3.59. The Morgan fingerprint density at radius 3 is 2.68 bits per heavy atom. The quantitative estimate of drug-likeness (QED) is 0.534. The molecule has 0 heterocycles.